The van der Waals surface area contributed by atoms with Crippen molar-refractivity contribution in [1.82, 2.24) is 0 Å². The lowest BCUT2D eigenvalue weighted by Gasteiger charge is -2.38. The zero-order valence-corrected chi connectivity index (χ0v) is 17.4. The van der Waals surface area contributed by atoms with Gasteiger partial charge in [-0.05, 0) is 42.5 Å². The number of carbonyl (C=O) groups excluding carboxylic acids is 1. The average Bonchev–Trinajstić information content (AvgIpc) is 2.85. The molecule has 1 unspecified atom stereocenters. The van der Waals surface area contributed by atoms with E-state index in [0.29, 0.717) is 11.4 Å². The number of nitrogens with zero attached hydrogens (tertiary/aromatic N) is 2. The van der Waals surface area contributed by atoms with Crippen molar-refractivity contribution in [3.63, 3.8) is 0 Å². The third-order valence-electron chi connectivity index (χ3n) is 5.67. The Hall–Kier alpha value is -4.05. The van der Waals surface area contributed by atoms with Gasteiger partial charge < -0.3 is 4.90 Å². The van der Waals surface area contributed by atoms with E-state index in [9.17, 15) is 9.18 Å². The second-order valence-electron chi connectivity index (χ2n) is 7.72. The minimum atomic E-state index is -0.298. The first-order valence-electron chi connectivity index (χ1n) is 10.6. The maximum Gasteiger partial charge on any atom is 0.165 e. The molecule has 1 aliphatic heterocycles. The van der Waals surface area contributed by atoms with E-state index in [1.165, 1.54) is 12.1 Å². The van der Waals surface area contributed by atoms with E-state index in [2.05, 4.69) is 4.90 Å². The van der Waals surface area contributed by atoms with Crippen molar-refractivity contribution in [3.05, 3.63) is 132 Å². The summed E-state index contributed by atoms with van der Waals surface area (Å²) in [6.45, 7) is 0. The Labute approximate surface area is 186 Å². The first-order valence-corrected chi connectivity index (χ1v) is 10.6. The quantitative estimate of drug-likeness (QED) is 0.335. The van der Waals surface area contributed by atoms with Crippen LogP contribution in [0.1, 0.15) is 33.9 Å². The number of ketones is 1. The van der Waals surface area contributed by atoms with Crippen LogP contribution in [0.3, 0.4) is 0 Å². The number of carbonyl (C=O) groups is 1. The first-order chi connectivity index (χ1) is 15.7. The molecule has 4 heteroatoms. The van der Waals surface area contributed by atoms with Crippen LogP contribution in [0.2, 0.25) is 0 Å². The number of fused-ring (bicyclic) bond motifs is 1. The van der Waals surface area contributed by atoms with Gasteiger partial charge in [-0.15, -0.1) is 0 Å². The van der Waals surface area contributed by atoms with Gasteiger partial charge in [0.2, 0.25) is 0 Å². The molecule has 1 aliphatic rings. The first kappa shape index (κ1) is 19.9. The topological polar surface area (TPSA) is 32.7 Å². The van der Waals surface area contributed by atoms with E-state index in [1.54, 1.807) is 12.1 Å². The Morgan fingerprint density at radius 2 is 1.41 bits per heavy atom. The Balaban J connectivity index is 1.66. The zero-order chi connectivity index (χ0) is 21.9. The van der Waals surface area contributed by atoms with Crippen LogP contribution in [0, 0.1) is 5.82 Å². The van der Waals surface area contributed by atoms with Gasteiger partial charge in [-0.25, -0.2) is 9.38 Å². The van der Waals surface area contributed by atoms with Crippen molar-refractivity contribution in [2.24, 2.45) is 4.99 Å². The van der Waals surface area contributed by atoms with E-state index < -0.39 is 0 Å². The molecule has 0 saturated carbocycles. The van der Waals surface area contributed by atoms with Crippen LogP contribution >= 0.6 is 0 Å². The number of para-hydroxylation sites is 2. The predicted octanol–water partition coefficient (Wildman–Crippen LogP) is 6.74. The maximum absolute atomic E-state index is 13.7. The summed E-state index contributed by atoms with van der Waals surface area (Å²) in [5, 5.41) is 0. The Morgan fingerprint density at radius 3 is 2.12 bits per heavy atom. The van der Waals surface area contributed by atoms with Crippen molar-refractivity contribution >= 4 is 23.0 Å². The van der Waals surface area contributed by atoms with Gasteiger partial charge in [-0.2, -0.15) is 0 Å². The Morgan fingerprint density at radius 1 is 0.781 bits per heavy atom. The fourth-order valence-corrected chi connectivity index (χ4v) is 4.14. The lowest BCUT2D eigenvalue weighted by molar-refractivity contribution is 0.0974. The minimum Gasteiger partial charge on any atom is -0.318 e. The molecule has 0 bridgehead atoms. The summed E-state index contributed by atoms with van der Waals surface area (Å²) < 4.78 is 13.7. The summed E-state index contributed by atoms with van der Waals surface area (Å²) in [7, 11) is 0. The normalized spacial score (nSPS) is 15.1. The summed E-state index contributed by atoms with van der Waals surface area (Å²) >= 11 is 0. The molecule has 156 valence electrons. The van der Waals surface area contributed by atoms with Crippen molar-refractivity contribution in [3.8, 4) is 0 Å². The van der Waals surface area contributed by atoms with E-state index in [0.717, 1.165) is 22.5 Å². The maximum atomic E-state index is 13.7. The van der Waals surface area contributed by atoms with Gasteiger partial charge in [-0.1, -0.05) is 66.7 Å². The predicted molar refractivity (Wildman–Crippen MR) is 126 cm³/mol. The number of hydrogen-bond acceptors (Lipinski definition) is 3. The number of anilines is 1. The molecule has 0 saturated heterocycles. The van der Waals surface area contributed by atoms with E-state index >= 15 is 0 Å². The molecule has 0 fully saturated rings. The van der Waals surface area contributed by atoms with Gasteiger partial charge in [0, 0.05) is 28.8 Å². The van der Waals surface area contributed by atoms with Crippen LogP contribution < -0.4 is 4.90 Å². The molecule has 3 nitrogen and oxygen atoms in total. The highest BCUT2D eigenvalue weighted by Crippen LogP contribution is 2.41. The fourth-order valence-electron chi connectivity index (χ4n) is 4.14. The van der Waals surface area contributed by atoms with Crippen molar-refractivity contribution in [1.29, 1.82) is 0 Å². The second kappa shape index (κ2) is 8.60. The number of rotatable bonds is 5. The lowest BCUT2D eigenvalue weighted by Crippen LogP contribution is -2.39. The van der Waals surface area contributed by atoms with Crippen LogP contribution in [0.25, 0.3) is 0 Å². The van der Waals surface area contributed by atoms with Crippen LogP contribution in [-0.4, -0.2) is 11.6 Å². The summed E-state index contributed by atoms with van der Waals surface area (Å²) in [5.74, 6) is 0.458. The highest BCUT2D eigenvalue weighted by molar-refractivity contribution is 6.13. The lowest BCUT2D eigenvalue weighted by atomic mass is 9.92. The molecule has 0 aliphatic carbocycles. The molecule has 0 radical (unpaired) electrons. The van der Waals surface area contributed by atoms with E-state index in [-0.39, 0.29) is 24.1 Å². The third-order valence-corrected chi connectivity index (χ3v) is 5.67. The molecule has 1 heterocycles. The van der Waals surface area contributed by atoms with E-state index in [4.69, 9.17) is 4.99 Å². The SMILES string of the molecule is O=C(CC1c2ccccc2N=C(c2ccc(F)cc2)N1c1ccccc1)c1ccccc1. The largest absolute Gasteiger partial charge is 0.318 e. The van der Waals surface area contributed by atoms with Crippen molar-refractivity contribution in [2.75, 3.05) is 4.90 Å². The fraction of sp³-hybridized carbons (Fsp3) is 0.0714. The summed E-state index contributed by atoms with van der Waals surface area (Å²) in [6, 6.07) is 33.2. The Kier molecular flexibility index (Phi) is 5.34. The van der Waals surface area contributed by atoms with Gasteiger partial charge in [0.05, 0.1) is 11.7 Å². The summed E-state index contributed by atoms with van der Waals surface area (Å²) in [5.41, 5.74) is 4.22. The van der Waals surface area contributed by atoms with Gasteiger partial charge in [-0.3, -0.25) is 4.79 Å². The van der Waals surface area contributed by atoms with Gasteiger partial charge in [0.15, 0.2) is 5.78 Å². The summed E-state index contributed by atoms with van der Waals surface area (Å²) in [6.07, 6.45) is 0.288. The molecule has 0 N–H and O–H groups in total. The molecular formula is C28H21FN2O. The number of hydrogen-bond donors (Lipinski definition) is 0. The second-order valence-corrected chi connectivity index (χ2v) is 7.72. The number of halogens is 1. The number of benzene rings is 4. The number of aliphatic imine (C=N–C) groups is 1. The molecule has 4 aromatic rings. The Bertz CT molecular complexity index is 1270. The van der Waals surface area contributed by atoms with Crippen molar-refractivity contribution in [2.45, 2.75) is 12.5 Å². The highest BCUT2D eigenvalue weighted by Gasteiger charge is 2.33. The molecule has 5 rings (SSSR count). The standard InChI is InChI=1S/C28H21FN2O/c29-22-17-15-21(16-18-22)28-30-25-14-8-7-13-24(25)26(31(28)23-11-5-2-6-12-23)19-27(32)20-9-3-1-4-10-20/h1-18,26H,19H2. The molecular weight excluding hydrogens is 399 g/mol. The molecule has 4 aromatic carbocycles. The average molecular weight is 420 g/mol. The number of amidine groups is 1. The van der Waals surface area contributed by atoms with Gasteiger partial charge in [0.1, 0.15) is 11.7 Å². The smallest absolute Gasteiger partial charge is 0.165 e. The highest BCUT2D eigenvalue weighted by atomic mass is 19.1. The van der Waals surface area contributed by atoms with Crippen LogP contribution in [0.15, 0.2) is 114 Å². The van der Waals surface area contributed by atoms with E-state index in [1.807, 2.05) is 84.9 Å². The van der Waals surface area contributed by atoms with Crippen LogP contribution in [0.4, 0.5) is 15.8 Å². The molecule has 1 atom stereocenters. The number of Topliss-reactive ketones (excluding diaryl/α,β-unsaturated/α-hetero) is 1. The monoisotopic (exact) mass is 420 g/mol. The van der Waals surface area contributed by atoms with Gasteiger partial charge >= 0.3 is 0 Å². The van der Waals surface area contributed by atoms with Crippen LogP contribution in [-0.2, 0) is 0 Å². The van der Waals surface area contributed by atoms with Crippen LogP contribution in [0.5, 0.6) is 0 Å². The van der Waals surface area contributed by atoms with Crippen molar-refractivity contribution < 1.29 is 9.18 Å². The summed E-state index contributed by atoms with van der Waals surface area (Å²) in [4.78, 5) is 20.3. The third kappa shape index (κ3) is 3.83. The molecule has 0 aromatic heterocycles. The minimum absolute atomic E-state index is 0.0618. The molecule has 0 amide bonds. The van der Waals surface area contributed by atoms with Gasteiger partial charge in [0.25, 0.3) is 0 Å². The molecule has 0 spiro atoms. The molecule has 32 heavy (non-hydrogen) atoms. The zero-order valence-electron chi connectivity index (χ0n) is 17.4.